The molecule has 1 amide bonds. The maximum atomic E-state index is 11.0. The zero-order valence-electron chi connectivity index (χ0n) is 17.5. The third-order valence-corrected chi connectivity index (χ3v) is 4.57. The van der Waals surface area contributed by atoms with Gasteiger partial charge in [-0.2, -0.15) is 0 Å². The molecule has 0 atom stereocenters. The van der Waals surface area contributed by atoms with Crippen molar-refractivity contribution in [2.75, 3.05) is 19.7 Å². The molecule has 160 valence electrons. The number of hydroxylamine groups is 1. The van der Waals surface area contributed by atoms with Gasteiger partial charge in [0.15, 0.2) is 0 Å². The standard InChI is InChI=1S/C21H24N4O3.C2H6/c26-13-12-25(11-9-17-2-1-3-20-19(17)8-10-22-20)15-16-4-5-18(23-14-16)6-7-21(27)24-28;1-2/h1-8,10,14,22,26,28H,9,11-13,15H2,(H,24,27);1-2H3/b7-6+;. The average molecular weight is 411 g/mol. The number of amides is 1. The van der Waals surface area contributed by atoms with E-state index in [1.165, 1.54) is 28.6 Å². The molecule has 0 aliphatic rings. The monoisotopic (exact) mass is 410 g/mol. The number of nitrogens with zero attached hydrogens (tertiary/aromatic N) is 2. The number of pyridine rings is 1. The molecule has 1 aromatic carbocycles. The summed E-state index contributed by atoms with van der Waals surface area (Å²) >= 11 is 0. The summed E-state index contributed by atoms with van der Waals surface area (Å²) in [6.07, 6.45) is 7.33. The van der Waals surface area contributed by atoms with Crippen LogP contribution in [0.15, 0.2) is 54.9 Å². The van der Waals surface area contributed by atoms with E-state index in [2.05, 4.69) is 39.1 Å². The van der Waals surface area contributed by atoms with Gasteiger partial charge >= 0.3 is 0 Å². The summed E-state index contributed by atoms with van der Waals surface area (Å²) in [6, 6.07) is 12.1. The van der Waals surface area contributed by atoms with Crippen molar-refractivity contribution in [2.24, 2.45) is 0 Å². The summed E-state index contributed by atoms with van der Waals surface area (Å²) in [7, 11) is 0. The van der Waals surface area contributed by atoms with Crippen LogP contribution in [0.3, 0.4) is 0 Å². The molecule has 0 saturated carbocycles. The second-order valence-corrected chi connectivity index (χ2v) is 6.51. The first kappa shape index (κ1) is 23.3. The van der Waals surface area contributed by atoms with Gasteiger partial charge in [-0.05, 0) is 41.8 Å². The summed E-state index contributed by atoms with van der Waals surface area (Å²) in [5.41, 5.74) is 5.60. The zero-order chi connectivity index (χ0) is 21.8. The highest BCUT2D eigenvalue weighted by Crippen LogP contribution is 2.18. The van der Waals surface area contributed by atoms with Crippen LogP contribution in [0.25, 0.3) is 17.0 Å². The molecule has 4 N–H and O–H groups in total. The van der Waals surface area contributed by atoms with E-state index in [0.717, 1.165) is 24.0 Å². The van der Waals surface area contributed by atoms with Crippen LogP contribution in [0.1, 0.15) is 30.7 Å². The number of aliphatic hydroxyl groups excluding tert-OH is 1. The maximum absolute atomic E-state index is 11.0. The number of nitrogens with one attached hydrogen (secondary N) is 2. The van der Waals surface area contributed by atoms with E-state index >= 15 is 0 Å². The highest BCUT2D eigenvalue weighted by atomic mass is 16.5. The Morgan fingerprint density at radius 1 is 1.20 bits per heavy atom. The zero-order valence-corrected chi connectivity index (χ0v) is 17.5. The summed E-state index contributed by atoms with van der Waals surface area (Å²) < 4.78 is 0. The molecule has 3 rings (SSSR count). The van der Waals surface area contributed by atoms with E-state index in [4.69, 9.17) is 5.21 Å². The Morgan fingerprint density at radius 2 is 2.03 bits per heavy atom. The minimum atomic E-state index is -0.600. The lowest BCUT2D eigenvalue weighted by Crippen LogP contribution is -2.28. The molecular formula is C23H30N4O3. The van der Waals surface area contributed by atoms with Crippen molar-refractivity contribution >= 4 is 22.9 Å². The lowest BCUT2D eigenvalue weighted by Gasteiger charge is -2.21. The number of rotatable bonds is 9. The Balaban J connectivity index is 0.00000155. The van der Waals surface area contributed by atoms with Crippen molar-refractivity contribution in [1.29, 1.82) is 0 Å². The van der Waals surface area contributed by atoms with E-state index in [0.29, 0.717) is 18.8 Å². The maximum Gasteiger partial charge on any atom is 0.267 e. The number of hydrogen-bond donors (Lipinski definition) is 4. The fourth-order valence-corrected chi connectivity index (χ4v) is 3.14. The number of H-pyrrole nitrogens is 1. The van der Waals surface area contributed by atoms with Gasteiger partial charge in [0, 0.05) is 49.0 Å². The van der Waals surface area contributed by atoms with E-state index in [1.807, 2.05) is 32.2 Å². The number of carbonyl (C=O) groups is 1. The number of benzene rings is 1. The van der Waals surface area contributed by atoms with Crippen molar-refractivity contribution in [3.63, 3.8) is 0 Å². The van der Waals surface area contributed by atoms with Gasteiger partial charge in [-0.1, -0.05) is 32.0 Å². The second-order valence-electron chi connectivity index (χ2n) is 6.51. The predicted octanol–water partition coefficient (Wildman–Crippen LogP) is 3.14. The minimum Gasteiger partial charge on any atom is -0.395 e. The lowest BCUT2D eigenvalue weighted by molar-refractivity contribution is -0.124. The van der Waals surface area contributed by atoms with Crippen molar-refractivity contribution in [2.45, 2.75) is 26.8 Å². The first-order chi connectivity index (χ1) is 14.7. The molecule has 0 bridgehead atoms. The largest absolute Gasteiger partial charge is 0.395 e. The van der Waals surface area contributed by atoms with Gasteiger partial charge in [0.25, 0.3) is 5.91 Å². The molecule has 2 aromatic heterocycles. The molecule has 7 nitrogen and oxygen atoms in total. The molecule has 0 unspecified atom stereocenters. The van der Waals surface area contributed by atoms with Gasteiger partial charge in [-0.15, -0.1) is 0 Å². The number of aliphatic hydroxyl groups is 1. The molecule has 0 radical (unpaired) electrons. The number of carbonyl (C=O) groups excluding carboxylic acids is 1. The molecule has 2 heterocycles. The second kappa shape index (κ2) is 12.5. The summed E-state index contributed by atoms with van der Waals surface area (Å²) in [4.78, 5) is 20.7. The van der Waals surface area contributed by atoms with Gasteiger partial charge in [0.05, 0.1) is 12.3 Å². The van der Waals surface area contributed by atoms with Gasteiger partial charge in [-0.3, -0.25) is 19.9 Å². The van der Waals surface area contributed by atoms with E-state index in [-0.39, 0.29) is 6.61 Å². The fourth-order valence-electron chi connectivity index (χ4n) is 3.14. The molecule has 0 spiro atoms. The third-order valence-electron chi connectivity index (χ3n) is 4.57. The molecule has 0 aliphatic carbocycles. The minimum absolute atomic E-state index is 0.0961. The van der Waals surface area contributed by atoms with Gasteiger partial charge in [0.1, 0.15) is 0 Å². The summed E-state index contributed by atoms with van der Waals surface area (Å²) in [6.45, 7) is 6.18. The molecule has 3 aromatic rings. The van der Waals surface area contributed by atoms with Gasteiger partial charge in [0.2, 0.25) is 0 Å². The van der Waals surface area contributed by atoms with Crippen molar-refractivity contribution in [3.8, 4) is 0 Å². The smallest absolute Gasteiger partial charge is 0.267 e. The Bertz CT molecular complexity index is 935. The Labute approximate surface area is 177 Å². The molecule has 7 heteroatoms. The van der Waals surface area contributed by atoms with Crippen LogP contribution in [0.5, 0.6) is 0 Å². The van der Waals surface area contributed by atoms with Crippen LogP contribution >= 0.6 is 0 Å². The predicted molar refractivity (Wildman–Crippen MR) is 119 cm³/mol. The number of hydrogen-bond acceptors (Lipinski definition) is 5. The van der Waals surface area contributed by atoms with E-state index < -0.39 is 5.91 Å². The summed E-state index contributed by atoms with van der Waals surface area (Å²) in [5.74, 6) is -0.600. The quantitative estimate of drug-likeness (QED) is 0.247. The van der Waals surface area contributed by atoms with Gasteiger partial charge in [-0.25, -0.2) is 5.48 Å². The molecule has 30 heavy (non-hydrogen) atoms. The Morgan fingerprint density at radius 3 is 2.73 bits per heavy atom. The first-order valence-electron chi connectivity index (χ1n) is 10.1. The summed E-state index contributed by atoms with van der Waals surface area (Å²) in [5, 5.41) is 19.1. The highest BCUT2D eigenvalue weighted by Gasteiger charge is 2.08. The Hall–Kier alpha value is -3.00. The normalized spacial score (nSPS) is 11.0. The van der Waals surface area contributed by atoms with Crippen LogP contribution in [0, 0.1) is 0 Å². The van der Waals surface area contributed by atoms with Crippen molar-refractivity contribution in [3.05, 3.63) is 71.7 Å². The first-order valence-corrected chi connectivity index (χ1v) is 10.1. The van der Waals surface area contributed by atoms with Crippen LogP contribution in [-0.4, -0.2) is 50.8 Å². The van der Waals surface area contributed by atoms with E-state index in [9.17, 15) is 9.90 Å². The van der Waals surface area contributed by atoms with E-state index in [1.54, 1.807) is 6.20 Å². The van der Waals surface area contributed by atoms with Crippen molar-refractivity contribution in [1.82, 2.24) is 20.3 Å². The SMILES string of the molecule is CC.O=C(/C=C/c1ccc(CN(CCO)CCc2cccc3[nH]ccc23)cn1)NO. The van der Waals surface area contributed by atoms with Crippen LogP contribution in [-0.2, 0) is 17.8 Å². The van der Waals surface area contributed by atoms with Crippen LogP contribution in [0.4, 0.5) is 0 Å². The molecule has 0 fully saturated rings. The number of aromatic nitrogens is 2. The van der Waals surface area contributed by atoms with Gasteiger partial charge < -0.3 is 10.1 Å². The highest BCUT2D eigenvalue weighted by molar-refractivity contribution is 5.90. The molecule has 0 saturated heterocycles. The lowest BCUT2D eigenvalue weighted by atomic mass is 10.1. The average Bonchev–Trinajstić information content (AvgIpc) is 3.28. The fraction of sp³-hybridized carbons (Fsp3) is 0.304. The van der Waals surface area contributed by atoms with Crippen LogP contribution < -0.4 is 5.48 Å². The number of fused-ring (bicyclic) bond motifs is 1. The third kappa shape index (κ3) is 6.81. The van der Waals surface area contributed by atoms with Crippen LogP contribution in [0.2, 0.25) is 0 Å². The number of aromatic amines is 1. The topological polar surface area (TPSA) is 101 Å². The molecule has 0 aliphatic heterocycles. The molecular weight excluding hydrogens is 380 g/mol. The van der Waals surface area contributed by atoms with Crippen molar-refractivity contribution < 1.29 is 15.1 Å². The Kier molecular flexibility index (Phi) is 9.73.